The Hall–Kier alpha value is -0.190. The summed E-state index contributed by atoms with van der Waals surface area (Å²) in [5.74, 6) is 0.139. The Bertz CT molecular complexity index is 577. The molecule has 0 unspecified atom stereocenters. The fourth-order valence-corrected chi connectivity index (χ4v) is 4.37. The van der Waals surface area contributed by atoms with E-state index in [1.807, 2.05) is 11.4 Å². The number of hydrogen-bond donors (Lipinski definition) is 1. The van der Waals surface area contributed by atoms with E-state index in [1.165, 1.54) is 0 Å². The molecule has 1 amide bonds. The Morgan fingerprint density at radius 3 is 2.65 bits per heavy atom. The summed E-state index contributed by atoms with van der Waals surface area (Å²) in [4.78, 5) is 14.1. The maximum absolute atomic E-state index is 12.3. The second-order valence-corrected chi connectivity index (χ2v) is 9.58. The topological polar surface area (TPSA) is 66.5 Å². The van der Waals surface area contributed by atoms with Gasteiger partial charge in [0.1, 0.15) is 0 Å². The second kappa shape index (κ2) is 6.71. The highest BCUT2D eigenvalue weighted by Crippen LogP contribution is 2.20. The van der Waals surface area contributed by atoms with E-state index >= 15 is 0 Å². The van der Waals surface area contributed by atoms with Crippen LogP contribution in [0.4, 0.5) is 0 Å². The molecule has 0 atom stereocenters. The van der Waals surface area contributed by atoms with Gasteiger partial charge in [0, 0.05) is 24.5 Å². The van der Waals surface area contributed by atoms with Gasteiger partial charge in [0.2, 0.25) is 10.0 Å². The van der Waals surface area contributed by atoms with Crippen molar-refractivity contribution in [2.75, 3.05) is 18.8 Å². The van der Waals surface area contributed by atoms with E-state index in [4.69, 9.17) is 0 Å². The zero-order valence-corrected chi connectivity index (χ0v) is 14.9. The van der Waals surface area contributed by atoms with Crippen molar-refractivity contribution < 1.29 is 13.2 Å². The van der Waals surface area contributed by atoms with Crippen molar-refractivity contribution in [3.8, 4) is 0 Å². The Kier molecular flexibility index (Phi) is 5.43. The maximum Gasteiger partial charge on any atom is 0.254 e. The molecule has 1 aliphatic rings. The standard InChI is InChI=1S/C12H17IN2O3S2/c1-2-20(17,18)14-10-3-5-15(6-4-10)12(16)9-7-11(13)19-8-9/h7-8,10,14H,2-6H2,1H3. The number of halogens is 1. The van der Waals surface area contributed by atoms with Gasteiger partial charge in [-0.3, -0.25) is 4.79 Å². The molecule has 0 aromatic carbocycles. The van der Waals surface area contributed by atoms with Crippen LogP contribution < -0.4 is 4.72 Å². The Morgan fingerprint density at radius 2 is 2.15 bits per heavy atom. The predicted octanol–water partition coefficient (Wildman–Crippen LogP) is 1.90. The molecule has 1 aliphatic heterocycles. The monoisotopic (exact) mass is 428 g/mol. The first-order valence-corrected chi connectivity index (χ1v) is 10.1. The van der Waals surface area contributed by atoms with Crippen molar-refractivity contribution in [2.24, 2.45) is 0 Å². The normalized spacial score (nSPS) is 17.4. The van der Waals surface area contributed by atoms with Gasteiger partial charge in [0.05, 0.1) is 14.2 Å². The highest BCUT2D eigenvalue weighted by atomic mass is 127. The fraction of sp³-hybridized carbons (Fsp3) is 0.583. The third-order valence-corrected chi connectivity index (χ3v) is 6.56. The van der Waals surface area contributed by atoms with E-state index in [2.05, 4.69) is 27.3 Å². The lowest BCUT2D eigenvalue weighted by atomic mass is 10.1. The summed E-state index contributed by atoms with van der Waals surface area (Å²) >= 11 is 3.75. The Morgan fingerprint density at radius 1 is 1.50 bits per heavy atom. The summed E-state index contributed by atoms with van der Waals surface area (Å²) in [5.41, 5.74) is 0.729. The molecule has 2 rings (SSSR count). The molecule has 1 saturated heterocycles. The van der Waals surface area contributed by atoms with Crippen LogP contribution in [0, 0.1) is 2.88 Å². The fourth-order valence-electron chi connectivity index (χ4n) is 2.14. The van der Waals surface area contributed by atoms with E-state index in [-0.39, 0.29) is 17.7 Å². The summed E-state index contributed by atoms with van der Waals surface area (Å²) < 4.78 is 26.8. The van der Waals surface area contributed by atoms with Gasteiger partial charge in [0.15, 0.2) is 0 Å². The molecule has 0 radical (unpaired) electrons. The van der Waals surface area contributed by atoms with Crippen molar-refractivity contribution in [3.05, 3.63) is 19.9 Å². The average Bonchev–Trinajstić information content (AvgIpc) is 2.85. The minimum atomic E-state index is -3.16. The van der Waals surface area contributed by atoms with Crippen molar-refractivity contribution in [1.29, 1.82) is 0 Å². The summed E-state index contributed by atoms with van der Waals surface area (Å²) in [5, 5.41) is 1.87. The van der Waals surface area contributed by atoms with E-state index in [1.54, 1.807) is 23.2 Å². The third kappa shape index (κ3) is 4.15. The van der Waals surface area contributed by atoms with Crippen LogP contribution >= 0.6 is 33.9 Å². The number of nitrogens with one attached hydrogen (secondary N) is 1. The van der Waals surface area contributed by atoms with Gasteiger partial charge < -0.3 is 4.90 Å². The van der Waals surface area contributed by atoms with E-state index in [9.17, 15) is 13.2 Å². The molecule has 1 fully saturated rings. The Labute approximate surface area is 136 Å². The molecule has 1 aromatic heterocycles. The first-order chi connectivity index (χ1) is 9.41. The molecule has 0 spiro atoms. The SMILES string of the molecule is CCS(=O)(=O)NC1CCN(C(=O)c2csc(I)c2)CC1. The number of rotatable bonds is 4. The van der Waals surface area contributed by atoms with Gasteiger partial charge in [-0.1, -0.05) is 0 Å². The van der Waals surface area contributed by atoms with E-state index in [0.717, 1.165) is 8.45 Å². The molecule has 1 N–H and O–H groups in total. The second-order valence-electron chi connectivity index (χ2n) is 4.73. The molecule has 0 bridgehead atoms. The van der Waals surface area contributed by atoms with Crippen LogP contribution in [0.5, 0.6) is 0 Å². The Balaban J connectivity index is 1.90. The van der Waals surface area contributed by atoms with E-state index in [0.29, 0.717) is 25.9 Å². The number of hydrogen-bond acceptors (Lipinski definition) is 4. The summed E-state index contributed by atoms with van der Waals surface area (Å²) in [6.07, 6.45) is 1.35. The van der Waals surface area contributed by atoms with Crippen molar-refractivity contribution in [3.63, 3.8) is 0 Å². The molecule has 2 heterocycles. The molecule has 5 nitrogen and oxygen atoms in total. The molecule has 8 heteroatoms. The van der Waals surface area contributed by atoms with Gasteiger partial charge in [-0.25, -0.2) is 13.1 Å². The number of sulfonamides is 1. The average molecular weight is 428 g/mol. The molecule has 112 valence electrons. The first-order valence-electron chi connectivity index (χ1n) is 6.44. The van der Waals surface area contributed by atoms with Crippen LogP contribution in [-0.2, 0) is 10.0 Å². The smallest absolute Gasteiger partial charge is 0.254 e. The molecule has 0 aliphatic carbocycles. The van der Waals surface area contributed by atoms with Crippen LogP contribution in [0.2, 0.25) is 0 Å². The zero-order chi connectivity index (χ0) is 14.8. The molecule has 1 aromatic rings. The highest BCUT2D eigenvalue weighted by Gasteiger charge is 2.26. The number of thiophene rings is 1. The number of nitrogens with zero attached hydrogens (tertiary/aromatic N) is 1. The van der Waals surface area contributed by atoms with Crippen LogP contribution in [0.1, 0.15) is 30.1 Å². The lowest BCUT2D eigenvalue weighted by molar-refractivity contribution is 0.0712. The number of carbonyl (C=O) groups excluding carboxylic acids is 1. The van der Waals surface area contributed by atoms with Gasteiger partial charge in [0.25, 0.3) is 5.91 Å². The van der Waals surface area contributed by atoms with Crippen molar-refractivity contribution in [2.45, 2.75) is 25.8 Å². The van der Waals surface area contributed by atoms with Gasteiger partial charge in [-0.2, -0.15) is 0 Å². The predicted molar refractivity (Wildman–Crippen MR) is 88.6 cm³/mol. The van der Waals surface area contributed by atoms with E-state index < -0.39 is 10.0 Å². The van der Waals surface area contributed by atoms with Gasteiger partial charge >= 0.3 is 0 Å². The molecular formula is C12H17IN2O3S2. The molecule has 20 heavy (non-hydrogen) atoms. The van der Waals surface area contributed by atoms with Crippen LogP contribution in [-0.4, -0.2) is 44.1 Å². The van der Waals surface area contributed by atoms with Crippen LogP contribution in [0.25, 0.3) is 0 Å². The summed E-state index contributed by atoms with van der Waals surface area (Å²) in [6, 6.07) is 1.84. The number of carbonyl (C=O) groups is 1. The summed E-state index contributed by atoms with van der Waals surface area (Å²) in [7, 11) is -3.16. The third-order valence-electron chi connectivity index (χ3n) is 3.32. The zero-order valence-electron chi connectivity index (χ0n) is 11.1. The van der Waals surface area contributed by atoms with Gasteiger partial charge in [-0.15, -0.1) is 11.3 Å². The minimum absolute atomic E-state index is 0.0426. The van der Waals surface area contributed by atoms with Gasteiger partial charge in [-0.05, 0) is 48.4 Å². The minimum Gasteiger partial charge on any atom is -0.339 e. The van der Waals surface area contributed by atoms with Crippen LogP contribution in [0.3, 0.4) is 0 Å². The van der Waals surface area contributed by atoms with Crippen molar-refractivity contribution in [1.82, 2.24) is 9.62 Å². The van der Waals surface area contributed by atoms with Crippen molar-refractivity contribution >= 4 is 49.9 Å². The molecule has 0 saturated carbocycles. The highest BCUT2D eigenvalue weighted by molar-refractivity contribution is 14.1. The maximum atomic E-state index is 12.3. The lowest BCUT2D eigenvalue weighted by Crippen LogP contribution is -2.46. The first kappa shape index (κ1) is 16.2. The summed E-state index contributed by atoms with van der Waals surface area (Å²) in [6.45, 7) is 2.82. The van der Waals surface area contributed by atoms with Crippen LogP contribution in [0.15, 0.2) is 11.4 Å². The number of likely N-dealkylation sites (tertiary alicyclic amines) is 1. The molecular weight excluding hydrogens is 411 g/mol. The lowest BCUT2D eigenvalue weighted by Gasteiger charge is -2.32. The number of piperidine rings is 1. The quantitative estimate of drug-likeness (QED) is 0.746. The number of amides is 1. The largest absolute Gasteiger partial charge is 0.339 e.